The zero-order chi connectivity index (χ0) is 21.5. The van der Waals surface area contributed by atoms with Crippen LogP contribution in [0.2, 0.25) is 0 Å². The van der Waals surface area contributed by atoms with Crippen LogP contribution >= 0.6 is 0 Å². The predicted octanol–water partition coefficient (Wildman–Crippen LogP) is 3.43. The number of nitrogens with two attached hydrogens (primary N) is 1. The number of benzene rings is 3. The summed E-state index contributed by atoms with van der Waals surface area (Å²) in [6.45, 7) is 0.354. The Morgan fingerprint density at radius 3 is 1.83 bits per heavy atom. The van der Waals surface area contributed by atoms with Gasteiger partial charge >= 0.3 is 5.97 Å². The summed E-state index contributed by atoms with van der Waals surface area (Å²) in [7, 11) is 0. The summed E-state index contributed by atoms with van der Waals surface area (Å²) in [6, 6.07) is 19.3. The highest BCUT2D eigenvalue weighted by Gasteiger charge is 2.28. The van der Waals surface area contributed by atoms with Crippen LogP contribution in [-0.4, -0.2) is 22.2 Å². The molecule has 0 aliphatic carbocycles. The quantitative estimate of drug-likeness (QED) is 0.499. The fraction of sp³-hybridized carbons (Fsp3) is 0.174. The Labute approximate surface area is 173 Å². The highest BCUT2D eigenvalue weighted by Crippen LogP contribution is 2.35. The Hall–Kier alpha value is -3.42. The molecule has 30 heavy (non-hydrogen) atoms. The van der Waals surface area contributed by atoms with Crippen molar-refractivity contribution < 1.29 is 28.9 Å². The van der Waals surface area contributed by atoms with Crippen LogP contribution in [0.1, 0.15) is 22.8 Å². The molecule has 0 aromatic heterocycles. The Kier molecular flexibility index (Phi) is 7.00. The molecule has 0 amide bonds. The lowest BCUT2D eigenvalue weighted by Crippen LogP contribution is -2.36. The van der Waals surface area contributed by atoms with Gasteiger partial charge in [0.2, 0.25) is 0 Å². The zero-order valence-corrected chi connectivity index (χ0v) is 16.1. The lowest BCUT2D eigenvalue weighted by atomic mass is 10.0. The number of carboxylic acid groups (broad SMARTS) is 1. The molecule has 0 unspecified atom stereocenters. The number of ether oxygens (including phenoxy) is 2. The first kappa shape index (κ1) is 21.3. The first-order valence-corrected chi connectivity index (χ1v) is 9.29. The minimum absolute atomic E-state index is 0.132. The molecule has 0 saturated heterocycles. The van der Waals surface area contributed by atoms with Crippen molar-refractivity contribution in [1.82, 2.24) is 0 Å². The fourth-order valence-electron chi connectivity index (χ4n) is 2.80. The molecule has 0 bridgehead atoms. The van der Waals surface area contributed by atoms with Crippen LogP contribution in [0.3, 0.4) is 0 Å². The highest BCUT2D eigenvalue weighted by atomic mass is 19.1. The molecule has 0 aliphatic rings. The molecule has 3 rings (SSSR count). The number of aliphatic hydroxyl groups excluding tert-OH is 1. The van der Waals surface area contributed by atoms with E-state index in [1.165, 1.54) is 6.07 Å². The SMILES string of the molecule is N[C@H](C(=O)O)[C@H](O)c1cc(OCc2ccccc2)c(OCc2ccccc2)cc1F. The van der Waals surface area contributed by atoms with E-state index in [1.54, 1.807) is 0 Å². The topological polar surface area (TPSA) is 102 Å². The average Bonchev–Trinajstić information content (AvgIpc) is 2.77. The summed E-state index contributed by atoms with van der Waals surface area (Å²) in [5, 5.41) is 19.2. The monoisotopic (exact) mass is 411 g/mol. The third-order valence-corrected chi connectivity index (χ3v) is 4.48. The van der Waals surface area contributed by atoms with Gasteiger partial charge in [0.25, 0.3) is 0 Å². The number of hydrogen-bond donors (Lipinski definition) is 3. The molecule has 0 spiro atoms. The molecular formula is C23H22FNO5. The van der Waals surface area contributed by atoms with Gasteiger partial charge in [0.1, 0.15) is 31.2 Å². The van der Waals surface area contributed by atoms with Gasteiger partial charge in [0.05, 0.1) is 0 Å². The Morgan fingerprint density at radius 2 is 1.37 bits per heavy atom. The Balaban J connectivity index is 1.88. The van der Waals surface area contributed by atoms with E-state index >= 15 is 0 Å². The first-order chi connectivity index (χ1) is 14.5. The minimum Gasteiger partial charge on any atom is -0.485 e. The van der Waals surface area contributed by atoms with E-state index in [2.05, 4.69) is 0 Å². The zero-order valence-electron chi connectivity index (χ0n) is 16.1. The van der Waals surface area contributed by atoms with Gasteiger partial charge in [-0.3, -0.25) is 4.79 Å². The summed E-state index contributed by atoms with van der Waals surface area (Å²) in [4.78, 5) is 11.1. The van der Waals surface area contributed by atoms with Crippen molar-refractivity contribution in [2.45, 2.75) is 25.4 Å². The molecule has 3 aromatic rings. The van der Waals surface area contributed by atoms with Crippen molar-refractivity contribution in [3.63, 3.8) is 0 Å². The van der Waals surface area contributed by atoms with Crippen molar-refractivity contribution in [3.8, 4) is 11.5 Å². The van der Waals surface area contributed by atoms with E-state index in [-0.39, 0.29) is 30.3 Å². The van der Waals surface area contributed by atoms with Crippen LogP contribution < -0.4 is 15.2 Å². The van der Waals surface area contributed by atoms with Crippen molar-refractivity contribution in [3.05, 3.63) is 95.3 Å². The molecule has 2 atom stereocenters. The second-order valence-electron chi connectivity index (χ2n) is 6.68. The average molecular weight is 411 g/mol. The number of rotatable bonds is 9. The van der Waals surface area contributed by atoms with Crippen LogP contribution in [0.15, 0.2) is 72.8 Å². The van der Waals surface area contributed by atoms with E-state index in [0.29, 0.717) is 0 Å². The van der Waals surface area contributed by atoms with Crippen LogP contribution in [0.4, 0.5) is 4.39 Å². The van der Waals surface area contributed by atoms with E-state index in [9.17, 15) is 14.3 Å². The van der Waals surface area contributed by atoms with E-state index in [0.717, 1.165) is 17.2 Å². The van der Waals surface area contributed by atoms with Crippen molar-refractivity contribution >= 4 is 5.97 Å². The summed E-state index contributed by atoms with van der Waals surface area (Å²) in [6.07, 6.45) is -1.75. The second kappa shape index (κ2) is 9.87. The maximum atomic E-state index is 14.6. The van der Waals surface area contributed by atoms with Gasteiger partial charge in [-0.2, -0.15) is 0 Å². The van der Waals surface area contributed by atoms with Crippen molar-refractivity contribution in [2.75, 3.05) is 0 Å². The number of carboxylic acids is 1. The molecule has 4 N–H and O–H groups in total. The standard InChI is InChI=1S/C23H22FNO5/c24-18-12-20(30-14-16-9-5-2-6-10-16)19(29-13-15-7-3-1-4-8-15)11-17(18)22(26)21(25)23(27)28/h1-12,21-22,26H,13-14,25H2,(H,27,28)/t21-,22+/m0/s1. The molecule has 0 saturated carbocycles. The third-order valence-electron chi connectivity index (χ3n) is 4.48. The molecule has 3 aromatic carbocycles. The number of halogens is 1. The normalized spacial score (nSPS) is 12.8. The minimum atomic E-state index is -1.75. The Bertz CT molecular complexity index is 982. The molecule has 0 aliphatic heterocycles. The number of hydrogen-bond acceptors (Lipinski definition) is 5. The van der Waals surface area contributed by atoms with Gasteiger partial charge in [-0.15, -0.1) is 0 Å². The van der Waals surface area contributed by atoms with Gasteiger partial charge in [-0.25, -0.2) is 4.39 Å². The molecule has 7 heteroatoms. The largest absolute Gasteiger partial charge is 0.485 e. The summed E-state index contributed by atoms with van der Waals surface area (Å²) < 4.78 is 26.2. The lowest BCUT2D eigenvalue weighted by Gasteiger charge is -2.19. The van der Waals surface area contributed by atoms with Gasteiger partial charge in [-0.1, -0.05) is 60.7 Å². The molecular weight excluding hydrogens is 389 g/mol. The Morgan fingerprint density at radius 1 is 0.900 bits per heavy atom. The number of aliphatic hydroxyl groups is 1. The maximum Gasteiger partial charge on any atom is 0.323 e. The fourth-order valence-corrected chi connectivity index (χ4v) is 2.80. The molecule has 0 fully saturated rings. The first-order valence-electron chi connectivity index (χ1n) is 9.29. The van der Waals surface area contributed by atoms with Crippen LogP contribution in [0.25, 0.3) is 0 Å². The van der Waals surface area contributed by atoms with Gasteiger partial charge in [0.15, 0.2) is 11.5 Å². The third kappa shape index (κ3) is 5.34. The van der Waals surface area contributed by atoms with E-state index in [4.69, 9.17) is 20.3 Å². The highest BCUT2D eigenvalue weighted by molar-refractivity contribution is 5.74. The van der Waals surface area contributed by atoms with Gasteiger partial charge in [-0.05, 0) is 17.2 Å². The molecule has 0 heterocycles. The van der Waals surface area contributed by atoms with Crippen LogP contribution in [-0.2, 0) is 18.0 Å². The predicted molar refractivity (Wildman–Crippen MR) is 109 cm³/mol. The van der Waals surface area contributed by atoms with Crippen molar-refractivity contribution in [2.24, 2.45) is 5.73 Å². The van der Waals surface area contributed by atoms with Crippen molar-refractivity contribution in [1.29, 1.82) is 0 Å². The maximum absolute atomic E-state index is 14.6. The molecule has 0 radical (unpaired) electrons. The second-order valence-corrected chi connectivity index (χ2v) is 6.68. The van der Waals surface area contributed by atoms with E-state index in [1.807, 2.05) is 60.7 Å². The van der Waals surface area contributed by atoms with E-state index < -0.39 is 23.9 Å². The van der Waals surface area contributed by atoms with Crippen LogP contribution in [0, 0.1) is 5.82 Å². The smallest absolute Gasteiger partial charge is 0.323 e. The summed E-state index contributed by atoms with van der Waals surface area (Å²) >= 11 is 0. The number of aliphatic carboxylic acids is 1. The van der Waals surface area contributed by atoms with Gasteiger partial charge in [0, 0.05) is 11.6 Å². The number of carbonyl (C=O) groups is 1. The summed E-state index contributed by atoms with van der Waals surface area (Å²) in [5.74, 6) is -1.98. The summed E-state index contributed by atoms with van der Waals surface area (Å²) in [5.41, 5.74) is 6.94. The molecule has 156 valence electrons. The van der Waals surface area contributed by atoms with Crippen LogP contribution in [0.5, 0.6) is 11.5 Å². The lowest BCUT2D eigenvalue weighted by molar-refractivity contribution is -0.141. The molecule has 6 nitrogen and oxygen atoms in total. The van der Waals surface area contributed by atoms with Gasteiger partial charge < -0.3 is 25.4 Å².